The summed E-state index contributed by atoms with van der Waals surface area (Å²) in [6.07, 6.45) is -1.60. The van der Waals surface area contributed by atoms with E-state index in [1.807, 2.05) is 48.5 Å². The van der Waals surface area contributed by atoms with Crippen LogP contribution in [0, 0.1) is 0 Å². The number of hydrogen-bond donors (Lipinski definition) is 2. The average molecular weight is 297 g/mol. The predicted molar refractivity (Wildman–Crippen MR) is 83.5 cm³/mol. The lowest BCUT2D eigenvalue weighted by atomic mass is 9.95. The Bertz CT molecular complexity index is 857. The van der Waals surface area contributed by atoms with Gasteiger partial charge in [-0.25, -0.2) is 0 Å². The largest absolute Gasteiger partial charge is 0.384 e. The Hall–Kier alpha value is -1.87. The minimum atomic E-state index is -0.837. The zero-order valence-corrected chi connectivity index (χ0v) is 11.9. The first-order valence-corrected chi connectivity index (χ1v) is 7.22. The molecular weight excluding hydrogens is 284 g/mol. The van der Waals surface area contributed by atoms with Crippen molar-refractivity contribution in [1.29, 1.82) is 0 Å². The fraction of sp³-hybridized carbons (Fsp3) is 0.111. The maximum Gasteiger partial charge on any atom is 0.106 e. The fourth-order valence-electron chi connectivity index (χ4n) is 3.24. The number of hydrogen-bond acceptors (Lipinski definition) is 2. The summed E-state index contributed by atoms with van der Waals surface area (Å²) in [7, 11) is 0. The summed E-state index contributed by atoms with van der Waals surface area (Å²) in [5, 5.41) is 23.9. The summed E-state index contributed by atoms with van der Waals surface area (Å²) in [6, 6.07) is 16.9. The van der Waals surface area contributed by atoms with E-state index in [0.717, 1.165) is 21.9 Å². The molecule has 0 saturated carbocycles. The van der Waals surface area contributed by atoms with Crippen LogP contribution in [-0.4, -0.2) is 10.2 Å². The van der Waals surface area contributed by atoms with Crippen LogP contribution in [0.25, 0.3) is 10.8 Å². The first-order valence-electron chi connectivity index (χ1n) is 6.84. The minimum Gasteiger partial charge on any atom is -0.384 e. The Morgan fingerprint density at radius 2 is 1.38 bits per heavy atom. The molecule has 2 nitrogen and oxygen atoms in total. The van der Waals surface area contributed by atoms with Gasteiger partial charge in [0.2, 0.25) is 0 Å². The van der Waals surface area contributed by atoms with Crippen molar-refractivity contribution >= 4 is 22.4 Å². The van der Waals surface area contributed by atoms with Gasteiger partial charge in [-0.3, -0.25) is 0 Å². The SMILES string of the molecule is O[C@H]1c2ccccc2[C@H](O)c2c(Cl)ccc3cccc1c23. The monoisotopic (exact) mass is 296 g/mol. The molecule has 4 rings (SSSR count). The highest BCUT2D eigenvalue weighted by Crippen LogP contribution is 2.44. The molecule has 2 atom stereocenters. The van der Waals surface area contributed by atoms with Crippen LogP contribution in [0.2, 0.25) is 5.02 Å². The third kappa shape index (κ3) is 1.74. The molecule has 0 aliphatic heterocycles. The normalized spacial score (nSPS) is 20.1. The van der Waals surface area contributed by atoms with Crippen molar-refractivity contribution in [2.75, 3.05) is 0 Å². The Kier molecular flexibility index (Phi) is 2.79. The van der Waals surface area contributed by atoms with Gasteiger partial charge in [0.25, 0.3) is 0 Å². The van der Waals surface area contributed by atoms with E-state index >= 15 is 0 Å². The molecule has 0 unspecified atom stereocenters. The number of aliphatic hydroxyl groups excluding tert-OH is 2. The van der Waals surface area contributed by atoms with E-state index in [0.29, 0.717) is 16.1 Å². The molecule has 3 heteroatoms. The van der Waals surface area contributed by atoms with Crippen molar-refractivity contribution in [3.63, 3.8) is 0 Å². The van der Waals surface area contributed by atoms with E-state index in [2.05, 4.69) is 0 Å². The first kappa shape index (κ1) is 12.8. The van der Waals surface area contributed by atoms with Crippen molar-refractivity contribution in [2.24, 2.45) is 0 Å². The summed E-state index contributed by atoms with van der Waals surface area (Å²) in [4.78, 5) is 0. The van der Waals surface area contributed by atoms with E-state index in [9.17, 15) is 10.2 Å². The quantitative estimate of drug-likeness (QED) is 0.659. The van der Waals surface area contributed by atoms with Crippen LogP contribution >= 0.6 is 11.6 Å². The van der Waals surface area contributed by atoms with Gasteiger partial charge in [-0.05, 0) is 33.5 Å². The number of benzene rings is 3. The van der Waals surface area contributed by atoms with E-state index in [-0.39, 0.29) is 0 Å². The second kappa shape index (κ2) is 4.57. The van der Waals surface area contributed by atoms with Crippen LogP contribution < -0.4 is 0 Å². The van der Waals surface area contributed by atoms with Crippen molar-refractivity contribution in [2.45, 2.75) is 12.2 Å². The van der Waals surface area contributed by atoms with Gasteiger partial charge in [-0.1, -0.05) is 60.1 Å². The molecule has 21 heavy (non-hydrogen) atoms. The molecule has 0 bridgehead atoms. The number of aliphatic hydroxyl groups is 2. The Labute approximate surface area is 127 Å². The van der Waals surface area contributed by atoms with Crippen LogP contribution in [0.15, 0.2) is 54.6 Å². The molecule has 0 spiro atoms. The van der Waals surface area contributed by atoms with Gasteiger partial charge >= 0.3 is 0 Å². The second-order valence-electron chi connectivity index (χ2n) is 5.34. The van der Waals surface area contributed by atoms with Crippen LogP contribution in [0.1, 0.15) is 34.5 Å². The van der Waals surface area contributed by atoms with Gasteiger partial charge in [-0.15, -0.1) is 0 Å². The third-order valence-electron chi connectivity index (χ3n) is 4.22. The molecule has 104 valence electrons. The third-order valence-corrected chi connectivity index (χ3v) is 4.55. The summed E-state index contributed by atoms with van der Waals surface area (Å²) in [6.45, 7) is 0. The van der Waals surface area contributed by atoms with Crippen molar-refractivity contribution in [1.82, 2.24) is 0 Å². The second-order valence-corrected chi connectivity index (χ2v) is 5.75. The lowest BCUT2D eigenvalue weighted by Crippen LogP contribution is -2.04. The van der Waals surface area contributed by atoms with E-state index in [1.54, 1.807) is 6.07 Å². The Morgan fingerprint density at radius 1 is 0.714 bits per heavy atom. The number of fused-ring (bicyclic) bond motifs is 1. The van der Waals surface area contributed by atoms with Crippen molar-refractivity contribution < 1.29 is 10.2 Å². The van der Waals surface area contributed by atoms with Gasteiger partial charge < -0.3 is 10.2 Å². The maximum atomic E-state index is 10.8. The highest BCUT2D eigenvalue weighted by Gasteiger charge is 2.29. The van der Waals surface area contributed by atoms with E-state index < -0.39 is 12.2 Å². The van der Waals surface area contributed by atoms with Crippen LogP contribution in [-0.2, 0) is 0 Å². The molecule has 0 fully saturated rings. The molecule has 3 aromatic rings. The van der Waals surface area contributed by atoms with Gasteiger partial charge in [-0.2, -0.15) is 0 Å². The molecule has 1 aliphatic rings. The lowest BCUT2D eigenvalue weighted by molar-refractivity contribution is 0.203. The standard InChI is InChI=1S/C18H13ClO2/c19-14-9-8-10-4-3-7-13-15(10)16(14)18(21)12-6-2-1-5-11(12)17(13)20/h1-9,17-18,20-21H/t17-,18-/m0/s1. The van der Waals surface area contributed by atoms with Gasteiger partial charge in [0.1, 0.15) is 12.2 Å². The molecule has 1 aliphatic carbocycles. The Morgan fingerprint density at radius 3 is 2.14 bits per heavy atom. The summed E-state index contributed by atoms with van der Waals surface area (Å²) in [5.74, 6) is 0. The van der Waals surface area contributed by atoms with Gasteiger partial charge in [0.15, 0.2) is 0 Å². The topological polar surface area (TPSA) is 40.5 Å². The molecule has 0 amide bonds. The highest BCUT2D eigenvalue weighted by molar-refractivity contribution is 6.32. The van der Waals surface area contributed by atoms with E-state index in [1.165, 1.54) is 0 Å². The highest BCUT2D eigenvalue weighted by atomic mass is 35.5. The molecule has 0 aromatic heterocycles. The van der Waals surface area contributed by atoms with Crippen molar-refractivity contribution in [3.05, 3.63) is 81.9 Å². The zero-order valence-electron chi connectivity index (χ0n) is 11.1. The first-order chi connectivity index (χ1) is 10.2. The number of halogens is 1. The smallest absolute Gasteiger partial charge is 0.106 e. The number of rotatable bonds is 0. The molecular formula is C18H13ClO2. The van der Waals surface area contributed by atoms with Crippen molar-refractivity contribution in [3.8, 4) is 0 Å². The van der Waals surface area contributed by atoms with Crippen LogP contribution in [0.3, 0.4) is 0 Å². The van der Waals surface area contributed by atoms with Gasteiger partial charge in [0.05, 0.1) is 0 Å². The maximum absolute atomic E-state index is 10.8. The van der Waals surface area contributed by atoms with E-state index in [4.69, 9.17) is 11.6 Å². The zero-order chi connectivity index (χ0) is 14.6. The average Bonchev–Trinajstić information content (AvgIpc) is 2.61. The van der Waals surface area contributed by atoms with Gasteiger partial charge in [0, 0.05) is 10.6 Å². The predicted octanol–water partition coefficient (Wildman–Crippen LogP) is 3.97. The van der Waals surface area contributed by atoms with Crippen LogP contribution in [0.4, 0.5) is 0 Å². The molecule has 2 N–H and O–H groups in total. The molecule has 3 aromatic carbocycles. The Balaban J connectivity index is 2.21. The summed E-state index contributed by atoms with van der Waals surface area (Å²) < 4.78 is 0. The molecule has 0 saturated heterocycles. The fourth-order valence-corrected chi connectivity index (χ4v) is 3.50. The summed E-state index contributed by atoms with van der Waals surface area (Å²) >= 11 is 6.35. The minimum absolute atomic E-state index is 0.520. The molecule has 0 heterocycles. The molecule has 0 radical (unpaired) electrons. The lowest BCUT2D eigenvalue weighted by Gasteiger charge is -2.16. The van der Waals surface area contributed by atoms with Crippen LogP contribution in [0.5, 0.6) is 0 Å². The summed E-state index contributed by atoms with van der Waals surface area (Å²) in [5.41, 5.74) is 2.89.